The van der Waals surface area contributed by atoms with Gasteiger partial charge in [-0.2, -0.15) is 0 Å². The number of likely N-dealkylation sites (tertiary alicyclic amines) is 1. The van der Waals surface area contributed by atoms with Crippen molar-refractivity contribution in [1.82, 2.24) is 4.90 Å². The number of benzene rings is 2. The van der Waals surface area contributed by atoms with Crippen LogP contribution in [0, 0.1) is 11.6 Å². The van der Waals surface area contributed by atoms with E-state index in [-0.39, 0.29) is 17.2 Å². The molecule has 2 amide bonds. The highest BCUT2D eigenvalue weighted by Gasteiger charge is 2.22. The summed E-state index contributed by atoms with van der Waals surface area (Å²) in [7, 11) is 0. The Hall–Kier alpha value is -3.29. The van der Waals surface area contributed by atoms with Gasteiger partial charge in [0.25, 0.3) is 5.91 Å². The van der Waals surface area contributed by atoms with Crippen molar-refractivity contribution >= 4 is 23.5 Å². The van der Waals surface area contributed by atoms with E-state index in [4.69, 9.17) is 4.74 Å². The van der Waals surface area contributed by atoms with Crippen LogP contribution in [0.25, 0.3) is 0 Å². The Morgan fingerprint density at radius 2 is 1.90 bits per heavy atom. The molecule has 0 aliphatic carbocycles. The van der Waals surface area contributed by atoms with Crippen LogP contribution >= 0.6 is 0 Å². The third-order valence-corrected chi connectivity index (χ3v) is 4.58. The normalized spacial score (nSPS) is 14.6. The summed E-state index contributed by atoms with van der Waals surface area (Å²) >= 11 is 0. The minimum atomic E-state index is -1.19. The fraction of sp³-hybridized carbons (Fsp3) is 0.286. The molecule has 1 unspecified atom stereocenters. The van der Waals surface area contributed by atoms with Gasteiger partial charge in [0.1, 0.15) is 11.6 Å². The summed E-state index contributed by atoms with van der Waals surface area (Å²) in [6, 6.07) is 9.30. The summed E-state index contributed by atoms with van der Waals surface area (Å²) in [5, 5.41) is 2.25. The smallest absolute Gasteiger partial charge is 0.338 e. The summed E-state index contributed by atoms with van der Waals surface area (Å²) in [6.07, 6.45) is 0.228. The molecule has 29 heavy (non-hydrogen) atoms. The predicted octanol–water partition coefficient (Wildman–Crippen LogP) is 3.27. The molecule has 1 aliphatic rings. The second-order valence-corrected chi connectivity index (χ2v) is 6.78. The predicted molar refractivity (Wildman–Crippen MR) is 101 cm³/mol. The molecule has 8 heteroatoms. The first-order chi connectivity index (χ1) is 13.8. The van der Waals surface area contributed by atoms with Gasteiger partial charge in [0.15, 0.2) is 6.10 Å². The van der Waals surface area contributed by atoms with Gasteiger partial charge >= 0.3 is 5.97 Å². The molecule has 1 fully saturated rings. The van der Waals surface area contributed by atoms with Crippen LogP contribution in [0.1, 0.15) is 35.7 Å². The van der Waals surface area contributed by atoms with Crippen molar-refractivity contribution in [2.75, 3.05) is 11.9 Å². The van der Waals surface area contributed by atoms with Crippen LogP contribution in [0.3, 0.4) is 0 Å². The summed E-state index contributed by atoms with van der Waals surface area (Å²) in [5.41, 5.74) is 0.920. The number of ether oxygens (including phenoxy) is 1. The fourth-order valence-electron chi connectivity index (χ4n) is 2.95. The molecule has 0 spiro atoms. The topological polar surface area (TPSA) is 75.7 Å². The highest BCUT2D eigenvalue weighted by atomic mass is 19.1. The van der Waals surface area contributed by atoms with Crippen LogP contribution in [-0.2, 0) is 20.9 Å². The van der Waals surface area contributed by atoms with Gasteiger partial charge in [0.2, 0.25) is 5.91 Å². The Morgan fingerprint density at radius 3 is 2.52 bits per heavy atom. The highest BCUT2D eigenvalue weighted by Crippen LogP contribution is 2.17. The van der Waals surface area contributed by atoms with Gasteiger partial charge in [0, 0.05) is 25.6 Å². The number of nitrogens with one attached hydrogen (secondary N) is 1. The lowest BCUT2D eigenvalue weighted by Gasteiger charge is -2.16. The number of esters is 1. The van der Waals surface area contributed by atoms with Crippen molar-refractivity contribution in [3.63, 3.8) is 0 Å². The largest absolute Gasteiger partial charge is 0.449 e. The SMILES string of the molecule is CC(OC(=O)c1ccc(CN2CCCC2=O)cc1)C(=O)Nc1ccc(F)cc1F. The van der Waals surface area contributed by atoms with Gasteiger partial charge in [-0.3, -0.25) is 9.59 Å². The Morgan fingerprint density at radius 1 is 1.17 bits per heavy atom. The molecule has 1 heterocycles. The number of anilines is 1. The Bertz CT molecular complexity index is 931. The Balaban J connectivity index is 1.55. The number of amides is 2. The van der Waals surface area contributed by atoms with Crippen LogP contribution in [0.4, 0.5) is 14.5 Å². The Kier molecular flexibility index (Phi) is 6.21. The standard InChI is InChI=1S/C21H20F2N2O4/c1-13(20(27)24-18-9-8-16(22)11-17(18)23)29-21(28)15-6-4-14(5-7-15)12-25-10-2-3-19(25)26/h4-9,11,13H,2-3,10,12H2,1H3,(H,24,27). The number of nitrogens with zero attached hydrogens (tertiary/aromatic N) is 1. The highest BCUT2D eigenvalue weighted by molar-refractivity contribution is 5.97. The molecule has 0 saturated carbocycles. The molecule has 0 radical (unpaired) electrons. The zero-order chi connectivity index (χ0) is 21.0. The fourth-order valence-corrected chi connectivity index (χ4v) is 2.95. The van der Waals surface area contributed by atoms with E-state index in [2.05, 4.69) is 5.32 Å². The van der Waals surface area contributed by atoms with E-state index in [9.17, 15) is 23.2 Å². The molecule has 152 valence electrons. The van der Waals surface area contributed by atoms with Crippen LogP contribution < -0.4 is 5.32 Å². The number of carbonyl (C=O) groups is 3. The summed E-state index contributed by atoms with van der Waals surface area (Å²) in [4.78, 5) is 37.8. The van der Waals surface area contributed by atoms with Crippen molar-refractivity contribution in [2.45, 2.75) is 32.4 Å². The zero-order valence-corrected chi connectivity index (χ0v) is 15.8. The van der Waals surface area contributed by atoms with Gasteiger partial charge in [-0.15, -0.1) is 0 Å². The number of hydrogen-bond acceptors (Lipinski definition) is 4. The van der Waals surface area contributed by atoms with Crippen molar-refractivity contribution in [2.24, 2.45) is 0 Å². The second-order valence-electron chi connectivity index (χ2n) is 6.78. The van der Waals surface area contributed by atoms with Gasteiger partial charge < -0.3 is 15.0 Å². The molecule has 0 bridgehead atoms. The number of carbonyl (C=O) groups excluding carboxylic acids is 3. The molecule has 2 aromatic rings. The maximum absolute atomic E-state index is 13.6. The average molecular weight is 402 g/mol. The number of rotatable bonds is 6. The van der Waals surface area contributed by atoms with Crippen molar-refractivity contribution in [3.8, 4) is 0 Å². The van der Waals surface area contributed by atoms with Crippen molar-refractivity contribution in [1.29, 1.82) is 0 Å². The molecular formula is C21H20F2N2O4. The van der Waals surface area contributed by atoms with Gasteiger partial charge in [0.05, 0.1) is 11.3 Å². The second kappa shape index (κ2) is 8.81. The summed E-state index contributed by atoms with van der Waals surface area (Å²) < 4.78 is 31.7. The van der Waals surface area contributed by atoms with E-state index >= 15 is 0 Å². The molecular weight excluding hydrogens is 382 g/mol. The Labute approximate surface area is 166 Å². The zero-order valence-electron chi connectivity index (χ0n) is 15.8. The summed E-state index contributed by atoms with van der Waals surface area (Å²) in [6.45, 7) is 2.56. The molecule has 1 aliphatic heterocycles. The first-order valence-electron chi connectivity index (χ1n) is 9.17. The number of hydrogen-bond donors (Lipinski definition) is 1. The van der Waals surface area contributed by atoms with E-state index < -0.39 is 29.6 Å². The minimum Gasteiger partial charge on any atom is -0.449 e. The van der Waals surface area contributed by atoms with Crippen molar-refractivity contribution < 1.29 is 27.9 Å². The molecule has 0 aromatic heterocycles. The first kappa shape index (κ1) is 20.4. The number of halogens is 2. The lowest BCUT2D eigenvalue weighted by Crippen LogP contribution is -2.30. The molecule has 1 saturated heterocycles. The lowest BCUT2D eigenvalue weighted by atomic mass is 10.1. The van der Waals surface area contributed by atoms with Gasteiger partial charge in [-0.05, 0) is 43.2 Å². The van der Waals surface area contributed by atoms with Crippen molar-refractivity contribution in [3.05, 3.63) is 65.2 Å². The van der Waals surface area contributed by atoms with E-state index in [0.717, 1.165) is 30.7 Å². The summed E-state index contributed by atoms with van der Waals surface area (Å²) in [5.74, 6) is -3.03. The van der Waals surface area contributed by atoms with Crippen LogP contribution in [0.5, 0.6) is 0 Å². The molecule has 6 nitrogen and oxygen atoms in total. The average Bonchev–Trinajstić information content (AvgIpc) is 3.09. The van der Waals surface area contributed by atoms with Gasteiger partial charge in [-0.25, -0.2) is 13.6 Å². The third kappa shape index (κ3) is 5.16. The van der Waals surface area contributed by atoms with Crippen LogP contribution in [-0.4, -0.2) is 35.3 Å². The molecule has 1 atom stereocenters. The maximum Gasteiger partial charge on any atom is 0.338 e. The van der Waals surface area contributed by atoms with E-state index in [1.807, 2.05) is 0 Å². The first-order valence-corrected chi connectivity index (χ1v) is 9.17. The third-order valence-electron chi connectivity index (χ3n) is 4.58. The van der Waals surface area contributed by atoms with Gasteiger partial charge in [-0.1, -0.05) is 12.1 Å². The maximum atomic E-state index is 13.6. The lowest BCUT2D eigenvalue weighted by molar-refractivity contribution is -0.128. The minimum absolute atomic E-state index is 0.117. The van der Waals surface area contributed by atoms with Crippen LogP contribution in [0.2, 0.25) is 0 Å². The quantitative estimate of drug-likeness (QED) is 0.753. The molecule has 3 rings (SSSR count). The molecule has 1 N–H and O–H groups in total. The molecule has 2 aromatic carbocycles. The van der Waals surface area contributed by atoms with E-state index in [0.29, 0.717) is 19.0 Å². The van der Waals surface area contributed by atoms with E-state index in [1.165, 1.54) is 6.92 Å². The van der Waals surface area contributed by atoms with E-state index in [1.54, 1.807) is 29.2 Å². The van der Waals surface area contributed by atoms with Crippen LogP contribution in [0.15, 0.2) is 42.5 Å². The monoisotopic (exact) mass is 402 g/mol.